The molecule has 7 nitrogen and oxygen atoms in total. The molecular formula is C29H32FNO6. The molecule has 1 unspecified atom stereocenters. The number of esters is 1. The second-order valence-corrected chi connectivity index (χ2v) is 9.10. The predicted octanol–water partition coefficient (Wildman–Crippen LogP) is 5.00. The highest BCUT2D eigenvalue weighted by Gasteiger charge is 2.45. The highest BCUT2D eigenvalue weighted by atomic mass is 19.1. The highest BCUT2D eigenvalue weighted by molar-refractivity contribution is 6.09. The number of aliphatic imine (C=N–C) groups is 1. The molecule has 2 aliphatic rings. The lowest BCUT2D eigenvalue weighted by Crippen LogP contribution is -2.38. The number of methoxy groups -OCH3 is 2. The van der Waals surface area contributed by atoms with Crippen molar-refractivity contribution in [1.29, 1.82) is 0 Å². The van der Waals surface area contributed by atoms with Gasteiger partial charge in [0.2, 0.25) is 0 Å². The average Bonchev–Trinajstić information content (AvgIpc) is 2.90. The van der Waals surface area contributed by atoms with Crippen LogP contribution in [0.25, 0.3) is 0 Å². The summed E-state index contributed by atoms with van der Waals surface area (Å²) in [5.74, 6) is -1.85. The third-order valence-electron chi connectivity index (χ3n) is 6.94. The van der Waals surface area contributed by atoms with Crippen molar-refractivity contribution in [2.24, 2.45) is 10.9 Å². The third-order valence-corrected chi connectivity index (χ3v) is 6.94. The average molecular weight is 510 g/mol. The van der Waals surface area contributed by atoms with Gasteiger partial charge in [0.05, 0.1) is 20.8 Å². The van der Waals surface area contributed by atoms with Crippen molar-refractivity contribution in [2.45, 2.75) is 38.5 Å². The van der Waals surface area contributed by atoms with E-state index in [9.17, 15) is 9.59 Å². The molecule has 0 N–H and O–H groups in total. The van der Waals surface area contributed by atoms with Crippen molar-refractivity contribution >= 4 is 17.5 Å². The van der Waals surface area contributed by atoms with Crippen LogP contribution in [0, 0.1) is 11.7 Å². The summed E-state index contributed by atoms with van der Waals surface area (Å²) in [7, 11) is 3.13. The molecule has 0 aromatic heterocycles. The van der Waals surface area contributed by atoms with Gasteiger partial charge in [0, 0.05) is 35.9 Å². The van der Waals surface area contributed by atoms with Crippen LogP contribution < -0.4 is 9.47 Å². The van der Waals surface area contributed by atoms with Crippen LogP contribution in [0.3, 0.4) is 0 Å². The Bertz CT molecular complexity index is 1240. The van der Waals surface area contributed by atoms with Crippen molar-refractivity contribution < 1.29 is 32.9 Å². The Hall–Kier alpha value is -3.52. The first-order valence-electron chi connectivity index (χ1n) is 12.4. The first-order valence-corrected chi connectivity index (χ1v) is 12.4. The van der Waals surface area contributed by atoms with E-state index in [-0.39, 0.29) is 36.9 Å². The number of benzene rings is 2. The monoisotopic (exact) mass is 509 g/mol. The number of carbonyl (C=O) groups excluding carboxylic acids is 2. The maximum absolute atomic E-state index is 15.1. The minimum atomic E-state index is -0.904. The molecule has 0 bridgehead atoms. The molecule has 0 amide bonds. The van der Waals surface area contributed by atoms with Crippen LogP contribution in [0.1, 0.15) is 49.7 Å². The van der Waals surface area contributed by atoms with E-state index in [4.69, 9.17) is 23.9 Å². The largest absolute Gasteiger partial charge is 0.493 e. The van der Waals surface area contributed by atoms with Crippen molar-refractivity contribution in [1.82, 2.24) is 0 Å². The van der Waals surface area contributed by atoms with Gasteiger partial charge in [-0.1, -0.05) is 24.3 Å². The summed E-state index contributed by atoms with van der Waals surface area (Å²) in [6.45, 7) is 4.42. The zero-order valence-corrected chi connectivity index (χ0v) is 21.6. The van der Waals surface area contributed by atoms with Gasteiger partial charge in [0.25, 0.3) is 0 Å². The van der Waals surface area contributed by atoms with E-state index in [1.807, 2.05) is 25.1 Å². The predicted molar refractivity (Wildman–Crippen MR) is 137 cm³/mol. The van der Waals surface area contributed by atoms with Crippen molar-refractivity contribution in [3.63, 3.8) is 0 Å². The molecule has 4 rings (SSSR count). The van der Waals surface area contributed by atoms with Gasteiger partial charge in [0.15, 0.2) is 17.3 Å². The van der Waals surface area contributed by atoms with Gasteiger partial charge in [0.1, 0.15) is 18.3 Å². The van der Waals surface area contributed by atoms with E-state index in [0.717, 1.165) is 5.56 Å². The number of carbonyl (C=O) groups is 2. The van der Waals surface area contributed by atoms with E-state index in [0.29, 0.717) is 41.5 Å². The summed E-state index contributed by atoms with van der Waals surface area (Å²) in [5, 5.41) is 0. The number of hydrogen-bond donors (Lipinski definition) is 0. The molecule has 196 valence electrons. The highest BCUT2D eigenvalue weighted by Crippen LogP contribution is 2.48. The number of allylic oxidation sites excluding steroid dienone is 2. The van der Waals surface area contributed by atoms with Crippen LogP contribution in [0.2, 0.25) is 0 Å². The van der Waals surface area contributed by atoms with Crippen LogP contribution in [-0.4, -0.2) is 51.5 Å². The molecule has 37 heavy (non-hydrogen) atoms. The van der Waals surface area contributed by atoms with E-state index < -0.39 is 23.6 Å². The Morgan fingerprint density at radius 1 is 1.05 bits per heavy atom. The van der Waals surface area contributed by atoms with Gasteiger partial charge >= 0.3 is 5.97 Å². The van der Waals surface area contributed by atoms with E-state index in [2.05, 4.69) is 0 Å². The number of ether oxygens (including phenoxy) is 4. The minimum absolute atomic E-state index is 0.0711. The summed E-state index contributed by atoms with van der Waals surface area (Å²) in [4.78, 5) is 31.6. The first kappa shape index (κ1) is 26.5. The number of halogens is 1. The summed E-state index contributed by atoms with van der Waals surface area (Å²) in [5.41, 5.74) is 2.67. The molecule has 1 aliphatic heterocycles. The second-order valence-electron chi connectivity index (χ2n) is 9.10. The van der Waals surface area contributed by atoms with E-state index in [1.54, 1.807) is 39.3 Å². The van der Waals surface area contributed by atoms with Crippen molar-refractivity contribution in [2.75, 3.05) is 34.0 Å². The van der Waals surface area contributed by atoms with Gasteiger partial charge in [-0.05, 0) is 55.5 Å². The Morgan fingerprint density at radius 2 is 1.81 bits per heavy atom. The Labute approximate surface area is 216 Å². The lowest BCUT2D eigenvalue weighted by Gasteiger charge is -2.36. The maximum atomic E-state index is 15.1. The minimum Gasteiger partial charge on any atom is -0.493 e. The topological polar surface area (TPSA) is 83.4 Å². The molecule has 2 aromatic rings. The SMILES string of the molecule is CCOCCOC(=O)C1C(C)=NC2=C(C(=O)C[C@@H](c3ccc(OC)c(OC)c3)C2)[C@H]1c1ccccc1F. The van der Waals surface area contributed by atoms with Gasteiger partial charge in [-0.25, -0.2) is 4.39 Å². The fourth-order valence-electron chi connectivity index (χ4n) is 5.21. The molecule has 8 heteroatoms. The van der Waals surface area contributed by atoms with Crippen LogP contribution in [0.5, 0.6) is 11.5 Å². The maximum Gasteiger partial charge on any atom is 0.315 e. The molecule has 0 spiro atoms. The Kier molecular flexibility index (Phi) is 8.38. The standard InChI is InChI=1S/C29H32FNO6/c1-5-36-12-13-37-29(33)26-17(2)31-22-14-19(18-10-11-24(34-3)25(16-18)35-4)15-23(32)28(22)27(26)20-8-6-7-9-21(20)30/h6-11,16,19,26-27H,5,12-15H2,1-4H3/t19-,26?,27-/m0/s1. The lowest BCUT2D eigenvalue weighted by atomic mass is 9.69. The molecule has 1 aliphatic carbocycles. The molecule has 0 fully saturated rings. The van der Waals surface area contributed by atoms with Gasteiger partial charge in [-0.2, -0.15) is 0 Å². The smallest absolute Gasteiger partial charge is 0.315 e. The second kappa shape index (κ2) is 11.7. The summed E-state index contributed by atoms with van der Waals surface area (Å²) >= 11 is 0. The molecule has 0 saturated heterocycles. The third kappa shape index (κ3) is 5.44. The van der Waals surface area contributed by atoms with Crippen LogP contribution >= 0.6 is 0 Å². The molecule has 2 aromatic carbocycles. The van der Waals surface area contributed by atoms with Gasteiger partial charge in [-0.3, -0.25) is 14.6 Å². The lowest BCUT2D eigenvalue weighted by molar-refractivity contribution is -0.148. The van der Waals surface area contributed by atoms with Gasteiger partial charge in [-0.15, -0.1) is 0 Å². The van der Waals surface area contributed by atoms with Crippen molar-refractivity contribution in [3.05, 3.63) is 70.7 Å². The first-order chi connectivity index (χ1) is 17.9. The number of rotatable bonds is 9. The number of nitrogens with zero attached hydrogens (tertiary/aromatic N) is 1. The van der Waals surface area contributed by atoms with Crippen LogP contribution in [-0.2, 0) is 19.1 Å². The number of ketones is 1. The summed E-state index contributed by atoms with van der Waals surface area (Å²) in [6, 6.07) is 11.9. The number of hydrogen-bond acceptors (Lipinski definition) is 7. The zero-order chi connectivity index (χ0) is 26.5. The zero-order valence-electron chi connectivity index (χ0n) is 21.6. The van der Waals surface area contributed by atoms with Gasteiger partial charge < -0.3 is 18.9 Å². The van der Waals surface area contributed by atoms with Crippen molar-refractivity contribution in [3.8, 4) is 11.5 Å². The number of Topliss-reactive ketones (excluding diaryl/α,β-unsaturated/α-hetero) is 1. The summed E-state index contributed by atoms with van der Waals surface area (Å²) < 4.78 is 36.6. The van der Waals surface area contributed by atoms with Crippen LogP contribution in [0.15, 0.2) is 58.7 Å². The molecule has 0 radical (unpaired) electrons. The fourth-order valence-corrected chi connectivity index (χ4v) is 5.21. The van der Waals surface area contributed by atoms with E-state index in [1.165, 1.54) is 6.07 Å². The molecule has 3 atom stereocenters. The Balaban J connectivity index is 1.72. The fraction of sp³-hybridized carbons (Fsp3) is 0.414. The Morgan fingerprint density at radius 3 is 2.51 bits per heavy atom. The van der Waals surface area contributed by atoms with E-state index >= 15 is 4.39 Å². The molecule has 1 heterocycles. The normalized spacial score (nSPS) is 21.3. The molecule has 0 saturated carbocycles. The quantitative estimate of drug-likeness (QED) is 0.350. The van der Waals surface area contributed by atoms with Crippen LogP contribution in [0.4, 0.5) is 4.39 Å². The summed E-state index contributed by atoms with van der Waals surface area (Å²) in [6.07, 6.45) is 0.685. The molecular weight excluding hydrogens is 477 g/mol.